The number of nitrogens with one attached hydrogen (secondary N) is 2. The van der Waals surface area contributed by atoms with Crippen LogP contribution in [0.3, 0.4) is 0 Å². The second-order valence-electron chi connectivity index (χ2n) is 4.22. The molecule has 0 aliphatic heterocycles. The molecular weight excluding hydrogens is 290 g/mol. The summed E-state index contributed by atoms with van der Waals surface area (Å²) in [6.45, 7) is 2.01. The highest BCUT2D eigenvalue weighted by Gasteiger charge is 2.13. The van der Waals surface area contributed by atoms with Crippen LogP contribution < -0.4 is 10.0 Å². The van der Waals surface area contributed by atoms with Crippen molar-refractivity contribution in [1.29, 1.82) is 0 Å². The molecule has 21 heavy (non-hydrogen) atoms. The first kappa shape index (κ1) is 15.1. The van der Waals surface area contributed by atoms with E-state index in [0.29, 0.717) is 17.8 Å². The maximum Gasteiger partial charge on any atom is 0.255 e. The number of nitrogens with zero attached hydrogens (tertiary/aromatic N) is 1. The molecule has 110 valence electrons. The van der Waals surface area contributed by atoms with Gasteiger partial charge >= 0.3 is 0 Å². The minimum absolute atomic E-state index is 0.129. The van der Waals surface area contributed by atoms with Crippen LogP contribution in [0, 0.1) is 0 Å². The lowest BCUT2D eigenvalue weighted by molar-refractivity contribution is 0.102. The largest absolute Gasteiger partial charge is 0.322 e. The third kappa shape index (κ3) is 3.87. The van der Waals surface area contributed by atoms with Gasteiger partial charge in [0, 0.05) is 30.2 Å². The van der Waals surface area contributed by atoms with Crippen molar-refractivity contribution in [3.63, 3.8) is 0 Å². The molecule has 1 heterocycles. The maximum atomic E-state index is 12.0. The second kappa shape index (κ2) is 6.47. The number of hydrogen-bond acceptors (Lipinski definition) is 4. The van der Waals surface area contributed by atoms with Crippen LogP contribution in [0.4, 0.5) is 5.69 Å². The smallest absolute Gasteiger partial charge is 0.255 e. The molecule has 0 atom stereocenters. The van der Waals surface area contributed by atoms with Crippen LogP contribution in [0.2, 0.25) is 0 Å². The van der Waals surface area contributed by atoms with Crippen molar-refractivity contribution in [3.05, 3.63) is 54.4 Å². The highest BCUT2D eigenvalue weighted by atomic mass is 32.2. The van der Waals surface area contributed by atoms with Crippen molar-refractivity contribution in [2.75, 3.05) is 11.9 Å². The number of rotatable bonds is 5. The molecule has 0 spiro atoms. The van der Waals surface area contributed by atoms with Crippen molar-refractivity contribution in [1.82, 2.24) is 9.71 Å². The Bertz CT molecular complexity index is 713. The molecule has 1 aromatic heterocycles. The minimum atomic E-state index is -3.50. The number of aromatic nitrogens is 1. The Morgan fingerprint density at radius 2 is 1.71 bits per heavy atom. The summed E-state index contributed by atoms with van der Waals surface area (Å²) in [5.74, 6) is -0.311. The van der Waals surface area contributed by atoms with Gasteiger partial charge in [0.25, 0.3) is 5.91 Å². The molecule has 0 aliphatic rings. The Hall–Kier alpha value is -2.25. The van der Waals surface area contributed by atoms with E-state index in [0.717, 1.165) is 0 Å². The van der Waals surface area contributed by atoms with E-state index in [4.69, 9.17) is 0 Å². The molecule has 0 radical (unpaired) electrons. The molecule has 2 aromatic rings. The zero-order valence-corrected chi connectivity index (χ0v) is 12.2. The van der Waals surface area contributed by atoms with Crippen molar-refractivity contribution in [2.45, 2.75) is 11.8 Å². The van der Waals surface area contributed by atoms with Gasteiger partial charge in [-0.15, -0.1) is 0 Å². The number of anilines is 1. The standard InChI is InChI=1S/C14H15N3O3S/c1-2-16-21(19,20)13-5-3-11(4-6-13)14(18)17-12-7-9-15-10-8-12/h3-10,16H,2H2,1H3,(H,15,17,18). The highest BCUT2D eigenvalue weighted by molar-refractivity contribution is 7.89. The number of carbonyl (C=O) groups is 1. The lowest BCUT2D eigenvalue weighted by Gasteiger charge is -2.07. The topological polar surface area (TPSA) is 88.2 Å². The molecular formula is C14H15N3O3S. The number of sulfonamides is 1. The van der Waals surface area contributed by atoms with Crippen LogP contribution in [-0.2, 0) is 10.0 Å². The van der Waals surface area contributed by atoms with E-state index in [2.05, 4.69) is 15.0 Å². The zero-order chi connectivity index (χ0) is 15.3. The van der Waals surface area contributed by atoms with E-state index in [9.17, 15) is 13.2 Å². The number of pyridine rings is 1. The van der Waals surface area contributed by atoms with Gasteiger partial charge in [-0.05, 0) is 36.4 Å². The number of benzene rings is 1. The van der Waals surface area contributed by atoms with Crippen molar-refractivity contribution >= 4 is 21.6 Å². The fourth-order valence-electron chi connectivity index (χ4n) is 1.70. The SMILES string of the molecule is CCNS(=O)(=O)c1ccc(C(=O)Nc2ccncc2)cc1. The molecule has 1 amide bonds. The minimum Gasteiger partial charge on any atom is -0.322 e. The Kier molecular flexibility index (Phi) is 4.66. The molecule has 7 heteroatoms. The lowest BCUT2D eigenvalue weighted by atomic mass is 10.2. The summed E-state index contributed by atoms with van der Waals surface area (Å²) in [7, 11) is -3.50. The van der Waals surface area contributed by atoms with Gasteiger partial charge in [-0.25, -0.2) is 13.1 Å². The summed E-state index contributed by atoms with van der Waals surface area (Å²) in [6.07, 6.45) is 3.14. The van der Waals surface area contributed by atoms with Crippen LogP contribution in [-0.4, -0.2) is 25.9 Å². The van der Waals surface area contributed by atoms with E-state index < -0.39 is 10.0 Å². The highest BCUT2D eigenvalue weighted by Crippen LogP contribution is 2.12. The normalized spacial score (nSPS) is 11.1. The third-order valence-electron chi connectivity index (χ3n) is 2.70. The molecule has 6 nitrogen and oxygen atoms in total. The summed E-state index contributed by atoms with van der Waals surface area (Å²) in [5.41, 5.74) is 1.00. The van der Waals surface area contributed by atoms with E-state index in [1.807, 2.05) is 0 Å². The maximum absolute atomic E-state index is 12.0. The average Bonchev–Trinajstić information content (AvgIpc) is 2.48. The van der Waals surface area contributed by atoms with E-state index in [1.54, 1.807) is 31.5 Å². The van der Waals surface area contributed by atoms with Crippen LogP contribution in [0.1, 0.15) is 17.3 Å². The Morgan fingerprint density at radius 1 is 1.10 bits per heavy atom. The van der Waals surface area contributed by atoms with E-state index in [-0.39, 0.29) is 10.8 Å². The van der Waals surface area contributed by atoms with Gasteiger partial charge in [0.15, 0.2) is 0 Å². The van der Waals surface area contributed by atoms with Gasteiger partial charge in [0.1, 0.15) is 0 Å². The Balaban J connectivity index is 2.14. The summed E-state index contributed by atoms with van der Waals surface area (Å²) < 4.78 is 26.0. The molecule has 0 unspecified atom stereocenters. The van der Waals surface area contributed by atoms with Crippen LogP contribution >= 0.6 is 0 Å². The summed E-state index contributed by atoms with van der Waals surface area (Å²) in [4.78, 5) is 16.0. The summed E-state index contributed by atoms with van der Waals surface area (Å²) in [6, 6.07) is 9.09. The fraction of sp³-hybridized carbons (Fsp3) is 0.143. The molecule has 0 aliphatic carbocycles. The van der Waals surface area contributed by atoms with Crippen LogP contribution in [0.25, 0.3) is 0 Å². The number of amides is 1. The van der Waals surface area contributed by atoms with Gasteiger partial charge in [0.2, 0.25) is 10.0 Å². The average molecular weight is 305 g/mol. The monoisotopic (exact) mass is 305 g/mol. The fourth-order valence-corrected chi connectivity index (χ4v) is 2.74. The van der Waals surface area contributed by atoms with E-state index in [1.165, 1.54) is 24.3 Å². The molecule has 2 N–H and O–H groups in total. The van der Waals surface area contributed by atoms with Crippen molar-refractivity contribution in [2.24, 2.45) is 0 Å². The first-order chi connectivity index (χ1) is 10.0. The van der Waals surface area contributed by atoms with Crippen molar-refractivity contribution < 1.29 is 13.2 Å². The number of carbonyl (C=O) groups excluding carboxylic acids is 1. The van der Waals surface area contributed by atoms with Gasteiger partial charge in [-0.1, -0.05) is 6.92 Å². The quantitative estimate of drug-likeness (QED) is 0.879. The Labute approximate surface area is 123 Å². The second-order valence-corrected chi connectivity index (χ2v) is 5.98. The van der Waals surface area contributed by atoms with Gasteiger partial charge in [-0.3, -0.25) is 9.78 Å². The summed E-state index contributed by atoms with van der Waals surface area (Å²) in [5, 5.41) is 2.70. The van der Waals surface area contributed by atoms with Crippen LogP contribution in [0.5, 0.6) is 0 Å². The predicted molar refractivity (Wildman–Crippen MR) is 79.5 cm³/mol. The molecule has 0 saturated heterocycles. The van der Waals surface area contributed by atoms with Crippen LogP contribution in [0.15, 0.2) is 53.7 Å². The third-order valence-corrected chi connectivity index (χ3v) is 4.26. The molecule has 1 aromatic carbocycles. The molecule has 0 bridgehead atoms. The predicted octanol–water partition coefficient (Wildman–Crippen LogP) is 1.63. The zero-order valence-electron chi connectivity index (χ0n) is 11.4. The lowest BCUT2D eigenvalue weighted by Crippen LogP contribution is -2.23. The first-order valence-corrected chi connectivity index (χ1v) is 7.82. The van der Waals surface area contributed by atoms with E-state index >= 15 is 0 Å². The van der Waals surface area contributed by atoms with Gasteiger partial charge in [-0.2, -0.15) is 0 Å². The molecule has 2 rings (SSSR count). The molecule has 0 saturated carbocycles. The van der Waals surface area contributed by atoms with Crippen molar-refractivity contribution in [3.8, 4) is 0 Å². The Morgan fingerprint density at radius 3 is 2.29 bits per heavy atom. The van der Waals surface area contributed by atoms with Gasteiger partial charge < -0.3 is 5.32 Å². The first-order valence-electron chi connectivity index (χ1n) is 6.34. The van der Waals surface area contributed by atoms with Gasteiger partial charge in [0.05, 0.1) is 4.90 Å². The molecule has 0 fully saturated rings. The number of hydrogen-bond donors (Lipinski definition) is 2. The summed E-state index contributed by atoms with van der Waals surface area (Å²) >= 11 is 0.